The van der Waals surface area contributed by atoms with Crippen LogP contribution >= 0.6 is 11.8 Å². The molecule has 0 bridgehead atoms. The van der Waals surface area contributed by atoms with Gasteiger partial charge in [-0.1, -0.05) is 24.3 Å². The average molecular weight is 762 g/mol. The molecule has 0 unspecified atom stereocenters. The number of imidazole rings is 1. The first kappa shape index (κ1) is 38.6. The SMILES string of the molecule is CC(=O)N[C@@H](Cc1ccc(O)cc1)C(=O)N1CCC[C@H]1C(=O)N1CCC[C@H]1C(=O)N1CCC[C@H]1C(=O)N[C@@H](CSc1n(C)c2ccccc2[n+]1C)C(N)=O. The highest BCUT2D eigenvalue weighted by Crippen LogP contribution is 2.29. The van der Waals surface area contributed by atoms with Crippen molar-refractivity contribution >= 4 is 58.2 Å². The number of primary amides is 1. The third-order valence-corrected chi connectivity index (χ3v) is 12.1. The summed E-state index contributed by atoms with van der Waals surface area (Å²) in [6.07, 6.45) is 3.20. The lowest BCUT2D eigenvalue weighted by Crippen LogP contribution is -2.58. The van der Waals surface area contributed by atoms with Gasteiger partial charge in [-0.25, -0.2) is 9.13 Å². The van der Waals surface area contributed by atoms with Crippen molar-refractivity contribution in [3.05, 3.63) is 54.1 Å². The van der Waals surface area contributed by atoms with Crippen molar-refractivity contribution in [1.29, 1.82) is 0 Å². The van der Waals surface area contributed by atoms with Crippen LogP contribution in [0.2, 0.25) is 0 Å². The molecule has 3 aliphatic rings. The van der Waals surface area contributed by atoms with Crippen molar-refractivity contribution in [2.24, 2.45) is 19.8 Å². The zero-order valence-electron chi connectivity index (χ0n) is 30.9. The van der Waals surface area contributed by atoms with Gasteiger partial charge >= 0.3 is 5.16 Å². The summed E-state index contributed by atoms with van der Waals surface area (Å²) in [7, 11) is 3.87. The van der Waals surface area contributed by atoms with Crippen LogP contribution in [0.15, 0.2) is 53.7 Å². The number of likely N-dealkylation sites (tertiary alicyclic amines) is 3. The number of hydrogen-bond acceptors (Lipinski definition) is 8. The fourth-order valence-electron chi connectivity index (χ4n) is 8.05. The van der Waals surface area contributed by atoms with E-state index >= 15 is 0 Å². The normalized spacial score (nSPS) is 20.9. The number of nitrogens with zero attached hydrogens (tertiary/aromatic N) is 5. The Bertz CT molecular complexity index is 1890. The number of para-hydroxylation sites is 2. The van der Waals surface area contributed by atoms with Crippen molar-refractivity contribution in [2.45, 2.75) is 87.2 Å². The van der Waals surface area contributed by atoms with E-state index in [0.717, 1.165) is 21.8 Å². The summed E-state index contributed by atoms with van der Waals surface area (Å²) in [5.41, 5.74) is 8.54. The minimum absolute atomic E-state index is 0.0815. The number of aromatic hydroxyl groups is 1. The van der Waals surface area contributed by atoms with E-state index in [9.17, 15) is 33.9 Å². The molecule has 0 aliphatic carbocycles. The molecule has 54 heavy (non-hydrogen) atoms. The molecule has 3 saturated heterocycles. The van der Waals surface area contributed by atoms with E-state index in [1.54, 1.807) is 17.0 Å². The molecule has 4 heterocycles. The molecule has 0 radical (unpaired) electrons. The van der Waals surface area contributed by atoms with E-state index < -0.39 is 42.0 Å². The Morgan fingerprint density at radius 2 is 1.41 bits per heavy atom. The second kappa shape index (κ2) is 16.5. The Balaban J connectivity index is 1.11. The highest BCUT2D eigenvalue weighted by atomic mass is 32.2. The fourth-order valence-corrected chi connectivity index (χ4v) is 9.20. The summed E-state index contributed by atoms with van der Waals surface area (Å²) in [6, 6.07) is 9.98. The van der Waals surface area contributed by atoms with E-state index in [1.807, 2.05) is 47.5 Å². The van der Waals surface area contributed by atoms with E-state index in [4.69, 9.17) is 5.73 Å². The summed E-state index contributed by atoms with van der Waals surface area (Å²) in [5, 5.41) is 16.1. The first-order chi connectivity index (χ1) is 25.8. The van der Waals surface area contributed by atoms with Crippen LogP contribution in [-0.4, -0.2) is 115 Å². The number of aromatic nitrogens is 2. The highest BCUT2D eigenvalue weighted by Gasteiger charge is 2.46. The van der Waals surface area contributed by atoms with Gasteiger partial charge in [-0.15, -0.1) is 0 Å². The summed E-state index contributed by atoms with van der Waals surface area (Å²) >= 11 is 1.40. The third-order valence-electron chi connectivity index (χ3n) is 10.7. The molecule has 16 heteroatoms. The molecule has 288 valence electrons. The monoisotopic (exact) mass is 761 g/mol. The van der Waals surface area contributed by atoms with Gasteiger partial charge in [-0.3, -0.25) is 28.8 Å². The number of rotatable bonds is 12. The van der Waals surface area contributed by atoms with Crippen molar-refractivity contribution in [3.63, 3.8) is 0 Å². The largest absolute Gasteiger partial charge is 0.508 e. The first-order valence-corrected chi connectivity index (χ1v) is 19.5. The topological polar surface area (TPSA) is 191 Å². The average Bonchev–Trinajstić information content (AvgIpc) is 3.97. The van der Waals surface area contributed by atoms with Gasteiger partial charge in [0.25, 0.3) is 0 Å². The molecule has 5 N–H and O–H groups in total. The van der Waals surface area contributed by atoms with Crippen LogP contribution in [0.1, 0.15) is 51.0 Å². The smallest absolute Gasteiger partial charge is 0.318 e. The molecule has 1 aromatic heterocycles. The molecule has 2 aromatic carbocycles. The quantitative estimate of drug-likeness (QED) is 0.152. The second-order valence-corrected chi connectivity index (χ2v) is 15.3. The lowest BCUT2D eigenvalue weighted by atomic mass is 10.0. The Labute approximate surface area is 318 Å². The fraction of sp³-hybridized carbons (Fsp3) is 0.500. The number of aryl methyl sites for hydroxylation is 2. The Hall–Kier alpha value is -5.12. The first-order valence-electron chi connectivity index (χ1n) is 18.5. The summed E-state index contributed by atoms with van der Waals surface area (Å²) in [5.74, 6) is -2.29. The molecule has 3 fully saturated rings. The van der Waals surface area contributed by atoms with Crippen LogP contribution < -0.4 is 20.9 Å². The van der Waals surface area contributed by atoms with Gasteiger partial charge in [0.05, 0.1) is 14.1 Å². The molecule has 6 amide bonds. The van der Waals surface area contributed by atoms with Gasteiger partial charge in [-0.05, 0) is 80.1 Å². The molecule has 3 aromatic rings. The maximum atomic E-state index is 14.2. The van der Waals surface area contributed by atoms with Gasteiger partial charge in [0.2, 0.25) is 35.4 Å². The number of amides is 6. The highest BCUT2D eigenvalue weighted by molar-refractivity contribution is 7.99. The maximum absolute atomic E-state index is 14.2. The molecular weight excluding hydrogens is 713 g/mol. The Morgan fingerprint density at radius 1 is 0.833 bits per heavy atom. The second-order valence-electron chi connectivity index (χ2n) is 14.4. The Kier molecular flexibility index (Phi) is 11.8. The van der Waals surface area contributed by atoms with Crippen LogP contribution in [0.3, 0.4) is 0 Å². The minimum Gasteiger partial charge on any atom is -0.508 e. The van der Waals surface area contributed by atoms with Crippen LogP contribution in [0.25, 0.3) is 11.0 Å². The molecule has 0 spiro atoms. The molecule has 3 aliphatic heterocycles. The summed E-state index contributed by atoms with van der Waals surface area (Å²) < 4.78 is 4.04. The zero-order chi connectivity index (χ0) is 38.7. The van der Waals surface area contributed by atoms with Crippen molar-refractivity contribution in [1.82, 2.24) is 29.9 Å². The number of hydrogen-bond donors (Lipinski definition) is 4. The predicted molar refractivity (Wildman–Crippen MR) is 200 cm³/mol. The van der Waals surface area contributed by atoms with Crippen LogP contribution in [0.5, 0.6) is 5.75 Å². The third kappa shape index (κ3) is 8.03. The van der Waals surface area contributed by atoms with Gasteiger partial charge in [0.1, 0.15) is 36.0 Å². The molecule has 0 saturated carbocycles. The Morgan fingerprint density at radius 3 is 2.02 bits per heavy atom. The van der Waals surface area contributed by atoms with Gasteiger partial charge in [0, 0.05) is 38.7 Å². The van der Waals surface area contributed by atoms with Crippen molar-refractivity contribution in [3.8, 4) is 5.75 Å². The molecule has 15 nitrogen and oxygen atoms in total. The number of nitrogens with one attached hydrogen (secondary N) is 2. The molecule has 5 atom stereocenters. The molecular formula is C38H49N8O7S+. The van der Waals surface area contributed by atoms with E-state index in [2.05, 4.69) is 10.6 Å². The van der Waals surface area contributed by atoms with Crippen LogP contribution in [0.4, 0.5) is 0 Å². The number of carbonyl (C=O) groups excluding carboxylic acids is 6. The summed E-state index contributed by atoms with van der Waals surface area (Å²) in [4.78, 5) is 85.2. The lowest BCUT2D eigenvalue weighted by Gasteiger charge is -2.35. The number of fused-ring (bicyclic) bond motifs is 1. The molecule has 6 rings (SSSR count). The van der Waals surface area contributed by atoms with Crippen LogP contribution in [0, 0.1) is 0 Å². The summed E-state index contributed by atoms with van der Waals surface area (Å²) in [6.45, 7) is 2.34. The van der Waals surface area contributed by atoms with E-state index in [-0.39, 0.29) is 41.6 Å². The van der Waals surface area contributed by atoms with Crippen molar-refractivity contribution < 1.29 is 38.4 Å². The van der Waals surface area contributed by atoms with E-state index in [0.29, 0.717) is 58.2 Å². The number of phenolic OH excluding ortho intramolecular Hbond substituents is 1. The number of thioether (sulfide) groups is 1. The number of phenols is 1. The van der Waals surface area contributed by atoms with Gasteiger partial charge < -0.3 is 36.2 Å². The lowest BCUT2D eigenvalue weighted by molar-refractivity contribution is -0.685. The van der Waals surface area contributed by atoms with Crippen molar-refractivity contribution in [2.75, 3.05) is 25.4 Å². The standard InChI is InChI=1S/C38H48N8O7S/c1-23(47)40-26(21-24-14-16-25(48)17-15-24)35(51)45-19-7-12-31(45)37(53)46-20-8-13-32(46)36(52)44-18-6-11-30(44)34(50)41-27(33(39)49)22-54-38-42(2)28-9-4-5-10-29(28)43(38)3/h4-5,9-10,14-17,26-27,30-32H,6-8,11-13,18-22H2,1-3H3,(H4-,39,40,41,47,48,49,50)/p+1/t26-,27-,30-,31-,32-/m0/s1. The van der Waals surface area contributed by atoms with Gasteiger partial charge in [-0.2, -0.15) is 0 Å². The van der Waals surface area contributed by atoms with Crippen LogP contribution in [-0.2, 0) is 49.3 Å². The maximum Gasteiger partial charge on any atom is 0.318 e. The minimum atomic E-state index is -0.983. The van der Waals surface area contributed by atoms with E-state index in [1.165, 1.54) is 40.6 Å². The number of carbonyl (C=O) groups is 6. The van der Waals surface area contributed by atoms with Gasteiger partial charge in [0.15, 0.2) is 11.0 Å². The number of nitrogens with two attached hydrogens (primary N) is 1. The number of benzene rings is 2. The predicted octanol–water partition coefficient (Wildman–Crippen LogP) is 0.491. The zero-order valence-corrected chi connectivity index (χ0v) is 31.7.